The lowest BCUT2D eigenvalue weighted by atomic mass is 10.2. The van der Waals surface area contributed by atoms with Crippen molar-refractivity contribution in [2.75, 3.05) is 66.0 Å². The van der Waals surface area contributed by atoms with Gasteiger partial charge < -0.3 is 24.4 Å². The van der Waals surface area contributed by atoms with E-state index in [1.54, 1.807) is 39.5 Å². The van der Waals surface area contributed by atoms with E-state index in [2.05, 4.69) is 10.2 Å². The van der Waals surface area contributed by atoms with E-state index < -0.39 is 0 Å². The maximum Gasteiger partial charge on any atom is 0.321 e. The molecular weight excluding hydrogens is 310 g/mol. The Kier molecular flexibility index (Phi) is 7.14. The number of hydrogen-bond acceptors (Lipinski definition) is 5. The van der Waals surface area contributed by atoms with Crippen LogP contribution in [0.25, 0.3) is 0 Å². The molecule has 1 N–H and O–H groups in total. The fourth-order valence-corrected chi connectivity index (χ4v) is 2.72. The van der Waals surface area contributed by atoms with Crippen molar-refractivity contribution < 1.29 is 19.0 Å². The molecule has 1 aromatic carbocycles. The van der Waals surface area contributed by atoms with Crippen molar-refractivity contribution in [3.8, 4) is 11.5 Å². The lowest BCUT2D eigenvalue weighted by Crippen LogP contribution is -2.50. The van der Waals surface area contributed by atoms with Gasteiger partial charge in [0.2, 0.25) is 0 Å². The molecule has 2 rings (SSSR count). The number of nitrogens with zero attached hydrogens (tertiary/aromatic N) is 2. The second-order valence-electron chi connectivity index (χ2n) is 5.67. The minimum absolute atomic E-state index is 0.0845. The van der Waals surface area contributed by atoms with Gasteiger partial charge in [0.25, 0.3) is 0 Å². The number of carbonyl (C=O) groups is 1. The number of carbonyl (C=O) groups excluding carboxylic acids is 1. The van der Waals surface area contributed by atoms with Gasteiger partial charge in [-0.15, -0.1) is 0 Å². The summed E-state index contributed by atoms with van der Waals surface area (Å²) in [6, 6.07) is 5.26. The Morgan fingerprint density at radius 1 is 1.08 bits per heavy atom. The monoisotopic (exact) mass is 337 g/mol. The standard InChI is InChI=1S/C17H27N3O4/c1-22-12-4-7-19-8-10-20(11-9-19)17(21)18-14-5-6-15(23-2)16(13-14)24-3/h5-6,13H,4,7-12H2,1-3H3,(H,18,21). The molecule has 1 aromatic rings. The summed E-state index contributed by atoms with van der Waals surface area (Å²) >= 11 is 0. The fraction of sp³-hybridized carbons (Fsp3) is 0.588. The molecule has 0 saturated carbocycles. The van der Waals surface area contributed by atoms with E-state index in [1.807, 2.05) is 4.90 Å². The molecule has 1 aliphatic rings. The minimum Gasteiger partial charge on any atom is -0.493 e. The molecule has 0 aliphatic carbocycles. The van der Waals surface area contributed by atoms with Crippen molar-refractivity contribution in [1.82, 2.24) is 9.80 Å². The van der Waals surface area contributed by atoms with Crippen LogP contribution < -0.4 is 14.8 Å². The summed E-state index contributed by atoms with van der Waals surface area (Å²) in [4.78, 5) is 16.6. The first-order valence-corrected chi connectivity index (χ1v) is 8.17. The van der Waals surface area contributed by atoms with Crippen LogP contribution in [-0.2, 0) is 4.74 Å². The zero-order valence-electron chi connectivity index (χ0n) is 14.7. The van der Waals surface area contributed by atoms with Crippen molar-refractivity contribution in [3.05, 3.63) is 18.2 Å². The number of piperazine rings is 1. The molecule has 2 amide bonds. The molecule has 1 saturated heterocycles. The van der Waals surface area contributed by atoms with Crippen LogP contribution in [0.2, 0.25) is 0 Å². The highest BCUT2D eigenvalue weighted by Crippen LogP contribution is 2.29. The molecule has 1 fully saturated rings. The Bertz CT molecular complexity index is 531. The molecule has 1 heterocycles. The SMILES string of the molecule is COCCCN1CCN(C(=O)Nc2ccc(OC)c(OC)c2)CC1. The predicted molar refractivity (Wildman–Crippen MR) is 93.1 cm³/mol. The van der Waals surface area contributed by atoms with Crippen molar-refractivity contribution in [2.45, 2.75) is 6.42 Å². The maximum absolute atomic E-state index is 12.4. The molecule has 7 nitrogen and oxygen atoms in total. The molecule has 0 aromatic heterocycles. The number of urea groups is 1. The third kappa shape index (κ3) is 5.01. The third-order valence-electron chi connectivity index (χ3n) is 4.12. The van der Waals surface area contributed by atoms with E-state index in [1.165, 1.54) is 0 Å². The molecule has 24 heavy (non-hydrogen) atoms. The summed E-state index contributed by atoms with van der Waals surface area (Å²) in [7, 11) is 4.88. The van der Waals surface area contributed by atoms with Crippen molar-refractivity contribution >= 4 is 11.7 Å². The van der Waals surface area contributed by atoms with Gasteiger partial charge in [-0.05, 0) is 18.6 Å². The van der Waals surface area contributed by atoms with Crippen LogP contribution in [0.1, 0.15) is 6.42 Å². The highest BCUT2D eigenvalue weighted by molar-refractivity contribution is 5.89. The Balaban J connectivity index is 1.83. The summed E-state index contributed by atoms with van der Waals surface area (Å²) in [5.41, 5.74) is 0.695. The van der Waals surface area contributed by atoms with Crippen LogP contribution in [-0.4, -0.2) is 76.5 Å². The number of anilines is 1. The van der Waals surface area contributed by atoms with E-state index >= 15 is 0 Å². The van der Waals surface area contributed by atoms with Crippen molar-refractivity contribution in [3.63, 3.8) is 0 Å². The summed E-state index contributed by atoms with van der Waals surface area (Å²) in [6.45, 7) is 5.03. The van der Waals surface area contributed by atoms with Crippen LogP contribution in [0, 0.1) is 0 Å². The Hall–Kier alpha value is -1.99. The van der Waals surface area contributed by atoms with E-state index in [9.17, 15) is 4.79 Å². The molecule has 1 aliphatic heterocycles. The molecule has 0 radical (unpaired) electrons. The van der Waals surface area contributed by atoms with Gasteiger partial charge >= 0.3 is 6.03 Å². The van der Waals surface area contributed by atoms with Gasteiger partial charge in [0.05, 0.1) is 14.2 Å². The molecule has 0 spiro atoms. The number of benzene rings is 1. The van der Waals surface area contributed by atoms with Crippen LogP contribution in [0.15, 0.2) is 18.2 Å². The molecular formula is C17H27N3O4. The normalized spacial score (nSPS) is 15.2. The topological polar surface area (TPSA) is 63.3 Å². The average molecular weight is 337 g/mol. The number of amides is 2. The Labute approximate surface area is 143 Å². The first-order chi connectivity index (χ1) is 11.7. The largest absolute Gasteiger partial charge is 0.493 e. The highest BCUT2D eigenvalue weighted by Gasteiger charge is 2.21. The zero-order chi connectivity index (χ0) is 17.4. The smallest absolute Gasteiger partial charge is 0.321 e. The molecule has 7 heteroatoms. The highest BCUT2D eigenvalue weighted by atomic mass is 16.5. The molecule has 0 unspecified atom stereocenters. The van der Waals surface area contributed by atoms with E-state index in [0.29, 0.717) is 17.2 Å². The van der Waals surface area contributed by atoms with Crippen LogP contribution >= 0.6 is 0 Å². The summed E-state index contributed by atoms with van der Waals surface area (Å²) in [5, 5.41) is 2.92. The quantitative estimate of drug-likeness (QED) is 0.770. The number of nitrogens with one attached hydrogen (secondary N) is 1. The predicted octanol–water partition coefficient (Wildman–Crippen LogP) is 1.89. The Morgan fingerprint density at radius 2 is 1.79 bits per heavy atom. The second kappa shape index (κ2) is 9.34. The third-order valence-corrected chi connectivity index (χ3v) is 4.12. The summed E-state index contributed by atoms with van der Waals surface area (Å²) in [6.07, 6.45) is 1.02. The van der Waals surface area contributed by atoms with E-state index in [4.69, 9.17) is 14.2 Å². The van der Waals surface area contributed by atoms with Gasteiger partial charge in [0.15, 0.2) is 11.5 Å². The van der Waals surface area contributed by atoms with Gasteiger partial charge in [-0.2, -0.15) is 0 Å². The van der Waals surface area contributed by atoms with Crippen LogP contribution in [0.4, 0.5) is 10.5 Å². The maximum atomic E-state index is 12.4. The molecule has 134 valence electrons. The lowest BCUT2D eigenvalue weighted by Gasteiger charge is -2.34. The van der Waals surface area contributed by atoms with Crippen molar-refractivity contribution in [2.24, 2.45) is 0 Å². The van der Waals surface area contributed by atoms with Gasteiger partial charge in [-0.3, -0.25) is 4.90 Å². The summed E-state index contributed by atoms with van der Waals surface area (Å²) < 4.78 is 15.5. The second-order valence-corrected chi connectivity index (χ2v) is 5.67. The average Bonchev–Trinajstić information content (AvgIpc) is 2.62. The number of ether oxygens (including phenoxy) is 3. The fourth-order valence-electron chi connectivity index (χ4n) is 2.72. The molecule has 0 bridgehead atoms. The van der Waals surface area contributed by atoms with Crippen LogP contribution in [0.3, 0.4) is 0 Å². The molecule has 0 atom stereocenters. The number of rotatable bonds is 7. The lowest BCUT2D eigenvalue weighted by molar-refractivity contribution is 0.130. The number of hydrogen-bond donors (Lipinski definition) is 1. The Morgan fingerprint density at radius 3 is 2.42 bits per heavy atom. The minimum atomic E-state index is -0.0845. The van der Waals surface area contributed by atoms with E-state index in [0.717, 1.165) is 45.8 Å². The van der Waals surface area contributed by atoms with Crippen LogP contribution in [0.5, 0.6) is 11.5 Å². The van der Waals surface area contributed by atoms with Gasteiger partial charge in [0.1, 0.15) is 0 Å². The first-order valence-electron chi connectivity index (χ1n) is 8.17. The first kappa shape index (κ1) is 18.4. The van der Waals surface area contributed by atoms with Gasteiger partial charge in [-0.1, -0.05) is 0 Å². The van der Waals surface area contributed by atoms with E-state index in [-0.39, 0.29) is 6.03 Å². The van der Waals surface area contributed by atoms with Crippen molar-refractivity contribution in [1.29, 1.82) is 0 Å². The van der Waals surface area contributed by atoms with Gasteiger partial charge in [-0.25, -0.2) is 4.79 Å². The zero-order valence-corrected chi connectivity index (χ0v) is 14.7. The summed E-state index contributed by atoms with van der Waals surface area (Å²) in [5.74, 6) is 1.23. The number of methoxy groups -OCH3 is 3. The van der Waals surface area contributed by atoms with Gasteiger partial charge in [0, 0.05) is 58.2 Å².